The molecule has 0 heterocycles. The summed E-state index contributed by atoms with van der Waals surface area (Å²) in [6.07, 6.45) is 0. The van der Waals surface area contributed by atoms with Gasteiger partial charge in [0.25, 0.3) is 0 Å². The lowest BCUT2D eigenvalue weighted by Crippen LogP contribution is -2.16. The molecular formula is C8H8ClNO. The first kappa shape index (κ1) is 8.08. The maximum Gasteiger partial charge on any atom is 0.240 e. The molecule has 1 aromatic carbocycles. The van der Waals surface area contributed by atoms with Crippen molar-refractivity contribution in [2.24, 2.45) is 5.73 Å². The second-order valence-electron chi connectivity index (χ2n) is 2.18. The average molecular weight is 170 g/mol. The summed E-state index contributed by atoms with van der Waals surface area (Å²) < 4.78 is 0. The minimum atomic E-state index is -0.712. The van der Waals surface area contributed by atoms with Crippen LogP contribution in [0.3, 0.4) is 0 Å². The highest BCUT2D eigenvalue weighted by atomic mass is 35.5. The smallest absolute Gasteiger partial charge is 0.240 e. The van der Waals surface area contributed by atoms with Crippen molar-refractivity contribution in [1.29, 1.82) is 0 Å². The van der Waals surface area contributed by atoms with Gasteiger partial charge in [0.2, 0.25) is 5.91 Å². The summed E-state index contributed by atoms with van der Waals surface area (Å²) in [5.74, 6) is -0.516. The zero-order valence-electron chi connectivity index (χ0n) is 5.83. The third-order valence-corrected chi connectivity index (χ3v) is 1.81. The van der Waals surface area contributed by atoms with Crippen LogP contribution in [0.2, 0.25) is 0 Å². The van der Waals surface area contributed by atoms with E-state index >= 15 is 0 Å². The molecule has 0 unspecified atom stereocenters. The number of carbonyl (C=O) groups is 1. The lowest BCUT2D eigenvalue weighted by atomic mass is 10.1. The van der Waals surface area contributed by atoms with Gasteiger partial charge in [0.05, 0.1) is 0 Å². The summed E-state index contributed by atoms with van der Waals surface area (Å²) >= 11 is 5.67. The van der Waals surface area contributed by atoms with Gasteiger partial charge in [-0.2, -0.15) is 0 Å². The van der Waals surface area contributed by atoms with E-state index < -0.39 is 11.3 Å². The molecule has 0 aliphatic rings. The van der Waals surface area contributed by atoms with E-state index in [2.05, 4.69) is 0 Å². The van der Waals surface area contributed by atoms with E-state index in [0.717, 1.165) is 5.56 Å². The van der Waals surface area contributed by atoms with E-state index in [1.807, 2.05) is 18.2 Å². The molecule has 1 rings (SSSR count). The van der Waals surface area contributed by atoms with E-state index in [0.29, 0.717) is 0 Å². The average Bonchev–Trinajstić information content (AvgIpc) is 2.05. The lowest BCUT2D eigenvalue weighted by Gasteiger charge is -2.03. The molecule has 11 heavy (non-hydrogen) atoms. The zero-order chi connectivity index (χ0) is 8.27. The quantitative estimate of drug-likeness (QED) is 0.670. The van der Waals surface area contributed by atoms with Gasteiger partial charge in [0, 0.05) is 0 Å². The molecule has 1 atom stereocenters. The monoisotopic (exact) mass is 169 g/mol. The Hall–Kier alpha value is -1.02. The van der Waals surface area contributed by atoms with Gasteiger partial charge in [-0.1, -0.05) is 30.3 Å². The highest BCUT2D eigenvalue weighted by Gasteiger charge is 2.12. The second kappa shape index (κ2) is 3.39. The van der Waals surface area contributed by atoms with Crippen LogP contribution in [0.1, 0.15) is 10.9 Å². The third kappa shape index (κ3) is 1.95. The van der Waals surface area contributed by atoms with Crippen LogP contribution >= 0.6 is 11.6 Å². The number of halogens is 1. The molecule has 2 N–H and O–H groups in total. The Morgan fingerprint density at radius 1 is 1.36 bits per heavy atom. The van der Waals surface area contributed by atoms with Crippen LogP contribution in [-0.2, 0) is 4.79 Å². The Balaban J connectivity index is 2.85. The highest BCUT2D eigenvalue weighted by Crippen LogP contribution is 2.18. The molecule has 0 bridgehead atoms. The molecule has 1 amide bonds. The first-order valence-electron chi connectivity index (χ1n) is 3.20. The lowest BCUT2D eigenvalue weighted by molar-refractivity contribution is -0.117. The molecule has 0 aromatic heterocycles. The van der Waals surface area contributed by atoms with Crippen LogP contribution in [0.4, 0.5) is 0 Å². The number of amides is 1. The minimum Gasteiger partial charge on any atom is -0.368 e. The van der Waals surface area contributed by atoms with Crippen LogP contribution in [0.5, 0.6) is 0 Å². The number of benzene rings is 1. The van der Waals surface area contributed by atoms with Crippen molar-refractivity contribution in [2.45, 2.75) is 5.38 Å². The fourth-order valence-electron chi connectivity index (χ4n) is 0.786. The van der Waals surface area contributed by atoms with E-state index in [9.17, 15) is 4.79 Å². The standard InChI is InChI=1S/C8H8ClNO/c9-7(8(10)11)6-4-2-1-3-5-6/h1-5,7H,(H2,10,11)/t7-/m0/s1. The molecule has 0 aliphatic carbocycles. The molecule has 58 valence electrons. The summed E-state index contributed by atoms with van der Waals surface area (Å²) in [6, 6.07) is 9.01. The number of carbonyl (C=O) groups excluding carboxylic acids is 1. The van der Waals surface area contributed by atoms with Crippen LogP contribution in [0, 0.1) is 0 Å². The third-order valence-electron chi connectivity index (χ3n) is 1.34. The Bertz CT molecular complexity index is 248. The summed E-state index contributed by atoms with van der Waals surface area (Å²) in [7, 11) is 0. The first-order chi connectivity index (χ1) is 5.22. The highest BCUT2D eigenvalue weighted by molar-refractivity contribution is 6.30. The fourth-order valence-corrected chi connectivity index (χ4v) is 0.932. The molecule has 1 aromatic rings. The van der Waals surface area contributed by atoms with Gasteiger partial charge in [-0.3, -0.25) is 4.79 Å². The Labute approximate surface area is 70.0 Å². The van der Waals surface area contributed by atoms with Crippen LogP contribution in [-0.4, -0.2) is 5.91 Å². The summed E-state index contributed by atoms with van der Waals surface area (Å²) in [6.45, 7) is 0. The van der Waals surface area contributed by atoms with Crippen molar-refractivity contribution in [2.75, 3.05) is 0 Å². The summed E-state index contributed by atoms with van der Waals surface area (Å²) in [5.41, 5.74) is 5.73. The molecule has 0 saturated carbocycles. The van der Waals surface area contributed by atoms with Crippen molar-refractivity contribution in [3.8, 4) is 0 Å². The van der Waals surface area contributed by atoms with Crippen molar-refractivity contribution in [3.05, 3.63) is 35.9 Å². The van der Waals surface area contributed by atoms with Gasteiger partial charge in [0.15, 0.2) is 0 Å². The maximum atomic E-state index is 10.6. The van der Waals surface area contributed by atoms with Crippen molar-refractivity contribution >= 4 is 17.5 Å². The van der Waals surface area contributed by atoms with Crippen molar-refractivity contribution < 1.29 is 4.79 Å². The van der Waals surface area contributed by atoms with Gasteiger partial charge in [0.1, 0.15) is 5.38 Å². The largest absolute Gasteiger partial charge is 0.368 e. The number of nitrogens with two attached hydrogens (primary N) is 1. The maximum absolute atomic E-state index is 10.6. The first-order valence-corrected chi connectivity index (χ1v) is 3.64. The Kier molecular flexibility index (Phi) is 2.49. The van der Waals surface area contributed by atoms with Crippen LogP contribution < -0.4 is 5.73 Å². The van der Waals surface area contributed by atoms with Gasteiger partial charge in [-0.15, -0.1) is 11.6 Å². The molecule has 0 saturated heterocycles. The molecule has 2 nitrogen and oxygen atoms in total. The van der Waals surface area contributed by atoms with Gasteiger partial charge >= 0.3 is 0 Å². The number of hydrogen-bond donors (Lipinski definition) is 1. The Morgan fingerprint density at radius 2 is 1.91 bits per heavy atom. The number of hydrogen-bond acceptors (Lipinski definition) is 1. The second-order valence-corrected chi connectivity index (χ2v) is 2.61. The predicted molar refractivity (Wildman–Crippen MR) is 44.2 cm³/mol. The molecule has 0 aliphatic heterocycles. The minimum absolute atomic E-state index is 0.516. The number of primary amides is 1. The van der Waals surface area contributed by atoms with Crippen LogP contribution in [0.25, 0.3) is 0 Å². The van der Waals surface area contributed by atoms with Crippen molar-refractivity contribution in [3.63, 3.8) is 0 Å². The van der Waals surface area contributed by atoms with Gasteiger partial charge in [-0.05, 0) is 5.56 Å². The molecule has 0 fully saturated rings. The van der Waals surface area contributed by atoms with E-state index in [1.165, 1.54) is 0 Å². The van der Waals surface area contributed by atoms with Crippen LogP contribution in [0.15, 0.2) is 30.3 Å². The number of rotatable bonds is 2. The molecule has 0 radical (unpaired) electrons. The predicted octanol–water partition coefficient (Wildman–Crippen LogP) is 1.45. The van der Waals surface area contributed by atoms with Gasteiger partial charge in [-0.25, -0.2) is 0 Å². The fraction of sp³-hybridized carbons (Fsp3) is 0.125. The van der Waals surface area contributed by atoms with Crippen molar-refractivity contribution in [1.82, 2.24) is 0 Å². The number of alkyl halides is 1. The SMILES string of the molecule is NC(=O)[C@@H](Cl)c1ccccc1. The Morgan fingerprint density at radius 3 is 2.36 bits per heavy atom. The molecule has 3 heteroatoms. The van der Waals surface area contributed by atoms with Gasteiger partial charge < -0.3 is 5.73 Å². The normalized spacial score (nSPS) is 12.5. The molecule has 0 spiro atoms. The van der Waals surface area contributed by atoms with E-state index in [4.69, 9.17) is 17.3 Å². The van der Waals surface area contributed by atoms with E-state index in [1.54, 1.807) is 12.1 Å². The summed E-state index contributed by atoms with van der Waals surface area (Å²) in [4.78, 5) is 10.6. The van der Waals surface area contributed by atoms with E-state index in [-0.39, 0.29) is 0 Å². The molecular weight excluding hydrogens is 162 g/mol. The topological polar surface area (TPSA) is 43.1 Å². The summed E-state index contributed by atoms with van der Waals surface area (Å²) in [5, 5.41) is -0.712. The zero-order valence-corrected chi connectivity index (χ0v) is 6.58.